The first-order valence-electron chi connectivity index (χ1n) is 6.95. The number of rotatable bonds is 1. The van der Waals surface area contributed by atoms with Gasteiger partial charge in [0.2, 0.25) is 0 Å². The number of thioether (sulfide) groups is 1. The minimum absolute atomic E-state index is 0.308. The van der Waals surface area contributed by atoms with Crippen molar-refractivity contribution in [3.8, 4) is 6.07 Å². The van der Waals surface area contributed by atoms with Gasteiger partial charge in [-0.2, -0.15) is 30.2 Å². The van der Waals surface area contributed by atoms with Gasteiger partial charge in [-0.3, -0.25) is 0 Å². The first-order chi connectivity index (χ1) is 9.97. The maximum Gasteiger partial charge on any atom is 0.417 e. The molecule has 2 bridgehead atoms. The molecular formula is C16H14F3NS. The first-order valence-corrected chi connectivity index (χ1v) is 7.89. The Kier molecular flexibility index (Phi) is 3.75. The van der Waals surface area contributed by atoms with E-state index in [9.17, 15) is 13.2 Å². The van der Waals surface area contributed by atoms with E-state index in [1.54, 1.807) is 12.1 Å². The monoisotopic (exact) mass is 309 g/mol. The van der Waals surface area contributed by atoms with Crippen molar-refractivity contribution in [2.45, 2.75) is 42.4 Å². The zero-order valence-corrected chi connectivity index (χ0v) is 12.1. The Hall–Kier alpha value is -1.41. The second-order valence-corrected chi connectivity index (χ2v) is 7.04. The highest BCUT2D eigenvalue weighted by atomic mass is 32.2. The van der Waals surface area contributed by atoms with E-state index >= 15 is 0 Å². The molecule has 1 fully saturated rings. The van der Waals surface area contributed by atoms with Crippen LogP contribution in [0.1, 0.15) is 42.4 Å². The molecule has 0 aromatic heterocycles. The fourth-order valence-electron chi connectivity index (χ4n) is 3.03. The smallest absolute Gasteiger partial charge is 0.192 e. The van der Waals surface area contributed by atoms with Crippen LogP contribution in [0.5, 0.6) is 0 Å². The molecule has 1 aromatic carbocycles. The summed E-state index contributed by atoms with van der Waals surface area (Å²) in [5.41, 5.74) is 0.473. The number of benzene rings is 1. The van der Waals surface area contributed by atoms with E-state index in [2.05, 4.69) is 6.08 Å². The molecule has 2 atom stereocenters. The van der Waals surface area contributed by atoms with E-state index in [0.29, 0.717) is 16.1 Å². The van der Waals surface area contributed by atoms with Gasteiger partial charge in [0.1, 0.15) is 0 Å². The van der Waals surface area contributed by atoms with Crippen molar-refractivity contribution < 1.29 is 13.2 Å². The van der Waals surface area contributed by atoms with Crippen LogP contribution < -0.4 is 0 Å². The van der Waals surface area contributed by atoms with Crippen LogP contribution in [0.3, 0.4) is 0 Å². The van der Waals surface area contributed by atoms with E-state index in [-0.39, 0.29) is 5.56 Å². The van der Waals surface area contributed by atoms with Crippen LogP contribution in [0.2, 0.25) is 0 Å². The third-order valence-corrected chi connectivity index (χ3v) is 5.54. The number of alkyl halides is 3. The number of halogens is 3. The summed E-state index contributed by atoms with van der Waals surface area (Å²) in [5.74, 6) is 0. The van der Waals surface area contributed by atoms with Gasteiger partial charge in [-0.05, 0) is 42.5 Å². The maximum absolute atomic E-state index is 13.0. The largest absolute Gasteiger partial charge is 0.417 e. The topological polar surface area (TPSA) is 23.8 Å². The molecule has 1 nitrogen and oxygen atoms in total. The number of fused-ring (bicyclic) bond motifs is 2. The zero-order valence-electron chi connectivity index (χ0n) is 11.3. The summed E-state index contributed by atoms with van der Waals surface area (Å²) in [7, 11) is 0. The fraction of sp³-hybridized carbons (Fsp3) is 0.438. The molecule has 1 aromatic rings. The lowest BCUT2D eigenvalue weighted by Gasteiger charge is -2.33. The minimum Gasteiger partial charge on any atom is -0.192 e. The summed E-state index contributed by atoms with van der Waals surface area (Å²) in [6.07, 6.45) is 1.90. The molecule has 0 spiro atoms. The van der Waals surface area contributed by atoms with Crippen LogP contribution in [0.25, 0.3) is 5.57 Å². The van der Waals surface area contributed by atoms with Gasteiger partial charge < -0.3 is 0 Å². The van der Waals surface area contributed by atoms with Crippen molar-refractivity contribution in [2.75, 3.05) is 0 Å². The summed E-state index contributed by atoms with van der Waals surface area (Å²) in [5, 5.41) is 9.80. The summed E-state index contributed by atoms with van der Waals surface area (Å²) < 4.78 is 39.1. The average Bonchev–Trinajstić information content (AvgIpc) is 2.45. The molecule has 110 valence electrons. The number of nitrogens with zero attached hydrogens (tertiary/aromatic N) is 1. The summed E-state index contributed by atoms with van der Waals surface area (Å²) in [6.45, 7) is 0. The van der Waals surface area contributed by atoms with Gasteiger partial charge in [-0.15, -0.1) is 0 Å². The van der Waals surface area contributed by atoms with Crippen molar-refractivity contribution in [1.82, 2.24) is 0 Å². The van der Waals surface area contributed by atoms with E-state index in [1.165, 1.54) is 12.5 Å². The van der Waals surface area contributed by atoms with E-state index in [0.717, 1.165) is 30.9 Å². The standard InChI is InChI=1S/C16H14F3NS/c17-16(18,19)15-8-10(4-5-11(15)9-20)12-6-13-2-1-3-14(7-12)21-13/h4-6,8,13-14H,1-3,7H2. The van der Waals surface area contributed by atoms with E-state index < -0.39 is 11.7 Å². The number of hydrogen-bond donors (Lipinski definition) is 0. The molecule has 0 amide bonds. The van der Waals surface area contributed by atoms with Crippen LogP contribution >= 0.6 is 11.8 Å². The number of hydrogen-bond acceptors (Lipinski definition) is 2. The highest BCUT2D eigenvalue weighted by Crippen LogP contribution is 2.44. The van der Waals surface area contributed by atoms with Crippen LogP contribution in [-0.4, -0.2) is 10.5 Å². The molecule has 2 heterocycles. The third kappa shape index (κ3) is 2.96. The molecule has 3 rings (SSSR count). The number of allylic oxidation sites excluding steroid dienone is 1. The molecular weight excluding hydrogens is 295 g/mol. The molecule has 1 saturated heterocycles. The molecule has 5 heteroatoms. The van der Waals surface area contributed by atoms with Gasteiger partial charge in [0.05, 0.1) is 17.2 Å². The van der Waals surface area contributed by atoms with Gasteiger partial charge in [0.15, 0.2) is 0 Å². The van der Waals surface area contributed by atoms with E-state index in [4.69, 9.17) is 5.26 Å². The molecule has 0 saturated carbocycles. The Bertz CT molecular complexity index is 627. The van der Waals surface area contributed by atoms with Crippen molar-refractivity contribution >= 4 is 17.3 Å². The molecule has 2 aliphatic rings. The van der Waals surface area contributed by atoms with Crippen LogP contribution in [0.15, 0.2) is 24.3 Å². The zero-order chi connectivity index (χ0) is 15.0. The van der Waals surface area contributed by atoms with Gasteiger partial charge in [-0.1, -0.05) is 18.6 Å². The maximum atomic E-state index is 13.0. The highest BCUT2D eigenvalue weighted by Gasteiger charge is 2.34. The Labute approximate surface area is 125 Å². The predicted octanol–water partition coefficient (Wildman–Crippen LogP) is 5.02. The van der Waals surface area contributed by atoms with E-state index in [1.807, 2.05) is 11.8 Å². The molecule has 0 N–H and O–H groups in total. The molecule has 0 radical (unpaired) electrons. The number of nitriles is 1. The third-order valence-electron chi connectivity index (χ3n) is 4.03. The van der Waals surface area contributed by atoms with Crippen molar-refractivity contribution in [3.63, 3.8) is 0 Å². The molecule has 2 unspecified atom stereocenters. The second-order valence-electron chi connectivity index (χ2n) is 5.49. The lowest BCUT2D eigenvalue weighted by molar-refractivity contribution is -0.137. The SMILES string of the molecule is N#Cc1ccc(C2=CC3CCCC(C2)S3)cc1C(F)(F)F. The molecule has 2 aliphatic heterocycles. The summed E-state index contributed by atoms with van der Waals surface area (Å²) in [4.78, 5) is 0. The van der Waals surface area contributed by atoms with Crippen LogP contribution in [0.4, 0.5) is 13.2 Å². The first kappa shape index (κ1) is 14.5. The lowest BCUT2D eigenvalue weighted by Crippen LogP contribution is -2.21. The Morgan fingerprint density at radius 1 is 1.24 bits per heavy atom. The predicted molar refractivity (Wildman–Crippen MR) is 77.8 cm³/mol. The molecule has 21 heavy (non-hydrogen) atoms. The average molecular weight is 309 g/mol. The van der Waals surface area contributed by atoms with Gasteiger partial charge in [-0.25, -0.2) is 0 Å². The second kappa shape index (κ2) is 5.42. The lowest BCUT2D eigenvalue weighted by atomic mass is 9.91. The normalized spacial score (nSPS) is 25.1. The Balaban J connectivity index is 2.00. The van der Waals surface area contributed by atoms with Crippen molar-refractivity contribution in [3.05, 3.63) is 41.0 Å². The molecule has 0 aliphatic carbocycles. The van der Waals surface area contributed by atoms with Gasteiger partial charge >= 0.3 is 6.18 Å². The summed E-state index contributed by atoms with van der Waals surface area (Å²) in [6, 6.07) is 5.70. The quantitative estimate of drug-likeness (QED) is 0.727. The van der Waals surface area contributed by atoms with Crippen LogP contribution in [-0.2, 0) is 6.18 Å². The Morgan fingerprint density at radius 3 is 2.71 bits per heavy atom. The highest BCUT2D eigenvalue weighted by molar-refractivity contribution is 8.00. The van der Waals surface area contributed by atoms with Crippen LogP contribution in [0, 0.1) is 11.3 Å². The van der Waals surface area contributed by atoms with Gasteiger partial charge in [0.25, 0.3) is 0 Å². The summed E-state index contributed by atoms with van der Waals surface area (Å²) >= 11 is 1.94. The van der Waals surface area contributed by atoms with Gasteiger partial charge in [0, 0.05) is 10.5 Å². The van der Waals surface area contributed by atoms with Crippen molar-refractivity contribution in [2.24, 2.45) is 0 Å². The Morgan fingerprint density at radius 2 is 2.05 bits per heavy atom. The van der Waals surface area contributed by atoms with Crippen molar-refractivity contribution in [1.29, 1.82) is 5.26 Å². The minimum atomic E-state index is -4.49. The fourth-order valence-corrected chi connectivity index (χ4v) is 4.65.